The number of amides is 1. The Hall–Kier alpha value is -4.01. The second-order valence-corrected chi connectivity index (χ2v) is 12.2. The van der Waals surface area contributed by atoms with Gasteiger partial charge in [0.1, 0.15) is 28.6 Å². The molecule has 0 N–H and O–H groups in total. The molecule has 0 aliphatic carbocycles. The summed E-state index contributed by atoms with van der Waals surface area (Å²) < 4.78 is 21.2. The molecule has 6 rings (SSSR count). The minimum absolute atomic E-state index is 0.145. The van der Waals surface area contributed by atoms with E-state index in [4.69, 9.17) is 14.8 Å². The summed E-state index contributed by atoms with van der Waals surface area (Å²) in [4.78, 5) is 24.7. The molecule has 1 atom stereocenters. The number of benzene rings is 1. The van der Waals surface area contributed by atoms with Crippen LogP contribution < -0.4 is 9.80 Å². The number of pyridine rings is 1. The van der Waals surface area contributed by atoms with Crippen molar-refractivity contribution in [3.63, 3.8) is 0 Å². The number of halogens is 1. The van der Waals surface area contributed by atoms with Gasteiger partial charge in [-0.15, -0.1) is 0 Å². The van der Waals surface area contributed by atoms with E-state index >= 15 is 0 Å². The van der Waals surface area contributed by atoms with E-state index in [1.165, 1.54) is 23.5 Å². The molecule has 3 aromatic heterocycles. The van der Waals surface area contributed by atoms with E-state index < -0.39 is 0 Å². The third-order valence-corrected chi connectivity index (χ3v) is 9.36. The molecule has 2 aliphatic heterocycles. The van der Waals surface area contributed by atoms with Gasteiger partial charge in [-0.05, 0) is 75.4 Å². The molecule has 1 unspecified atom stereocenters. The highest BCUT2D eigenvalue weighted by Gasteiger charge is 2.29. The highest BCUT2D eigenvalue weighted by Crippen LogP contribution is 2.39. The lowest BCUT2D eigenvalue weighted by molar-refractivity contribution is -0.141. The van der Waals surface area contributed by atoms with Gasteiger partial charge < -0.3 is 19.4 Å². The SMILES string of the molecule is CCc1nn2c(C)cc(N3CCCN(C(=O)C4CCCO4)CCC3)cc2c1N(C)c1nc(-c2ccc(F)cc2)c(C#N)s1. The summed E-state index contributed by atoms with van der Waals surface area (Å²) in [6.07, 6.45) is 4.03. The zero-order valence-electron chi connectivity index (χ0n) is 24.8. The average molecular weight is 602 g/mol. The highest BCUT2D eigenvalue weighted by atomic mass is 32.1. The number of fused-ring (bicyclic) bond motifs is 1. The number of nitriles is 1. The summed E-state index contributed by atoms with van der Waals surface area (Å²) in [6, 6.07) is 12.7. The molecule has 5 heterocycles. The molecular weight excluding hydrogens is 565 g/mol. The maximum Gasteiger partial charge on any atom is 0.251 e. The lowest BCUT2D eigenvalue weighted by Gasteiger charge is -2.33. The average Bonchev–Trinajstić information content (AvgIpc) is 3.76. The first-order chi connectivity index (χ1) is 20.9. The van der Waals surface area contributed by atoms with Crippen molar-refractivity contribution < 1.29 is 13.9 Å². The number of nitrogens with zero attached hydrogens (tertiary/aromatic N) is 7. The van der Waals surface area contributed by atoms with Gasteiger partial charge >= 0.3 is 0 Å². The Morgan fingerprint density at radius 2 is 1.91 bits per heavy atom. The molecule has 43 heavy (non-hydrogen) atoms. The zero-order chi connectivity index (χ0) is 30.1. The molecule has 1 aromatic carbocycles. The fourth-order valence-corrected chi connectivity index (χ4v) is 6.98. The minimum Gasteiger partial charge on any atom is -0.371 e. The first kappa shape index (κ1) is 29.1. The van der Waals surface area contributed by atoms with Crippen molar-refractivity contribution in [3.8, 4) is 17.3 Å². The Labute approximate surface area is 255 Å². The van der Waals surface area contributed by atoms with Crippen LogP contribution in [-0.4, -0.2) is 71.3 Å². The highest BCUT2D eigenvalue weighted by molar-refractivity contribution is 7.16. The van der Waals surface area contributed by atoms with Crippen LogP contribution in [0, 0.1) is 24.1 Å². The van der Waals surface area contributed by atoms with Crippen LogP contribution in [0.4, 0.5) is 20.9 Å². The largest absolute Gasteiger partial charge is 0.371 e. The Morgan fingerprint density at radius 1 is 1.16 bits per heavy atom. The number of ether oxygens (including phenoxy) is 1. The quantitative estimate of drug-likeness (QED) is 0.280. The summed E-state index contributed by atoms with van der Waals surface area (Å²) in [5.41, 5.74) is 6.29. The zero-order valence-corrected chi connectivity index (χ0v) is 25.7. The maximum absolute atomic E-state index is 13.6. The van der Waals surface area contributed by atoms with E-state index in [1.54, 1.807) is 12.1 Å². The van der Waals surface area contributed by atoms with Crippen LogP contribution in [0.5, 0.6) is 0 Å². The van der Waals surface area contributed by atoms with Crippen LogP contribution in [0.15, 0.2) is 36.4 Å². The van der Waals surface area contributed by atoms with E-state index in [1.807, 2.05) is 21.4 Å². The van der Waals surface area contributed by atoms with Crippen LogP contribution >= 0.6 is 11.3 Å². The molecule has 4 aromatic rings. The number of rotatable bonds is 6. The number of thiazole rings is 1. The van der Waals surface area contributed by atoms with E-state index in [2.05, 4.69) is 36.9 Å². The fourth-order valence-electron chi connectivity index (χ4n) is 6.12. The van der Waals surface area contributed by atoms with Crippen molar-refractivity contribution in [1.29, 1.82) is 5.26 Å². The Balaban J connectivity index is 1.29. The van der Waals surface area contributed by atoms with Crippen molar-refractivity contribution in [2.24, 2.45) is 0 Å². The van der Waals surface area contributed by atoms with Crippen LogP contribution in [-0.2, 0) is 16.0 Å². The molecule has 9 nitrogen and oxygen atoms in total. The second kappa shape index (κ2) is 12.3. The molecule has 0 spiro atoms. The minimum atomic E-state index is -0.329. The molecule has 11 heteroatoms. The van der Waals surface area contributed by atoms with E-state index in [0.29, 0.717) is 27.9 Å². The van der Waals surface area contributed by atoms with Gasteiger partial charge in [0, 0.05) is 56.8 Å². The van der Waals surface area contributed by atoms with E-state index in [9.17, 15) is 14.4 Å². The predicted molar refractivity (Wildman–Crippen MR) is 167 cm³/mol. The number of hydrogen-bond acceptors (Lipinski definition) is 8. The van der Waals surface area contributed by atoms with Crippen molar-refractivity contribution >= 4 is 39.3 Å². The number of aromatic nitrogens is 3. The van der Waals surface area contributed by atoms with Gasteiger partial charge in [-0.3, -0.25) is 4.79 Å². The third-order valence-electron chi connectivity index (χ3n) is 8.33. The number of aryl methyl sites for hydroxylation is 2. The van der Waals surface area contributed by atoms with Crippen LogP contribution in [0.1, 0.15) is 48.9 Å². The standard InChI is InChI=1S/C32H36FN7O2S/c1-4-25-30(37(3)32-35-29(28(20-34)43-32)22-9-11-23(33)12-10-22)26-19-24(18-21(2)40(26)36-25)38-13-6-15-39(16-7-14-38)31(41)27-8-5-17-42-27/h9-12,18-19,27H,4-8,13-17H2,1-3H3. The Morgan fingerprint density at radius 3 is 2.56 bits per heavy atom. The van der Waals surface area contributed by atoms with Crippen molar-refractivity contribution in [2.75, 3.05) is 49.6 Å². The van der Waals surface area contributed by atoms with Gasteiger partial charge in [-0.25, -0.2) is 13.9 Å². The molecule has 2 aliphatic rings. The van der Waals surface area contributed by atoms with Gasteiger partial charge in [0.2, 0.25) is 0 Å². The van der Waals surface area contributed by atoms with E-state index in [0.717, 1.165) is 86.6 Å². The first-order valence-electron chi connectivity index (χ1n) is 15.0. The van der Waals surface area contributed by atoms with Crippen molar-refractivity contribution in [2.45, 2.75) is 52.1 Å². The summed E-state index contributed by atoms with van der Waals surface area (Å²) >= 11 is 1.32. The smallest absolute Gasteiger partial charge is 0.251 e. The molecule has 2 fully saturated rings. The Bertz CT molecular complexity index is 1660. The molecule has 1 amide bonds. The topological polar surface area (TPSA) is 90.0 Å². The maximum atomic E-state index is 13.6. The lowest BCUT2D eigenvalue weighted by Crippen LogP contribution is -2.44. The number of anilines is 3. The lowest BCUT2D eigenvalue weighted by atomic mass is 10.1. The molecular formula is C32H36FN7O2S. The van der Waals surface area contributed by atoms with E-state index in [-0.39, 0.29) is 17.8 Å². The molecule has 0 saturated carbocycles. The summed E-state index contributed by atoms with van der Waals surface area (Å²) in [7, 11) is 1.96. The number of carbonyl (C=O) groups is 1. The summed E-state index contributed by atoms with van der Waals surface area (Å²) in [5, 5.41) is 15.5. The molecule has 0 radical (unpaired) electrons. The van der Waals surface area contributed by atoms with Crippen molar-refractivity contribution in [1.82, 2.24) is 19.5 Å². The van der Waals surface area contributed by atoms with Gasteiger partial charge in [0.05, 0.1) is 16.9 Å². The number of carbonyl (C=O) groups excluding carboxylic acids is 1. The van der Waals surface area contributed by atoms with Crippen LogP contribution in [0.25, 0.3) is 16.8 Å². The van der Waals surface area contributed by atoms with Crippen LogP contribution in [0.2, 0.25) is 0 Å². The summed E-state index contributed by atoms with van der Waals surface area (Å²) in [5.74, 6) is -0.184. The predicted octanol–water partition coefficient (Wildman–Crippen LogP) is 5.72. The molecule has 0 bridgehead atoms. The summed E-state index contributed by atoms with van der Waals surface area (Å²) in [6.45, 7) is 8.01. The monoisotopic (exact) mass is 601 g/mol. The van der Waals surface area contributed by atoms with Crippen LogP contribution in [0.3, 0.4) is 0 Å². The Kier molecular flexibility index (Phi) is 8.32. The van der Waals surface area contributed by atoms with Gasteiger partial charge in [-0.2, -0.15) is 10.4 Å². The van der Waals surface area contributed by atoms with Crippen molar-refractivity contribution in [3.05, 3.63) is 58.5 Å². The second-order valence-electron chi connectivity index (χ2n) is 11.2. The van der Waals surface area contributed by atoms with Gasteiger partial charge in [0.25, 0.3) is 5.91 Å². The van der Waals surface area contributed by atoms with Gasteiger partial charge in [-0.1, -0.05) is 18.3 Å². The normalized spacial score (nSPS) is 17.6. The third kappa shape index (κ3) is 5.69. The molecule has 2 saturated heterocycles. The molecule has 224 valence electrons. The fraction of sp³-hybridized carbons (Fsp3) is 0.438. The first-order valence-corrected chi connectivity index (χ1v) is 15.8. The van der Waals surface area contributed by atoms with Gasteiger partial charge in [0.15, 0.2) is 5.13 Å². The number of hydrogen-bond donors (Lipinski definition) is 0.